The van der Waals surface area contributed by atoms with Gasteiger partial charge in [-0.25, -0.2) is 0 Å². The van der Waals surface area contributed by atoms with E-state index < -0.39 is 4.92 Å². The topological polar surface area (TPSA) is 79.0 Å². The molecule has 21 heavy (non-hydrogen) atoms. The smallest absolute Gasteiger partial charge is 0.270 e. The van der Waals surface area contributed by atoms with Crippen LogP contribution in [0.15, 0.2) is 42.5 Å². The normalized spacial score (nSPS) is 13.5. The van der Waals surface area contributed by atoms with Gasteiger partial charge in [0.15, 0.2) is 0 Å². The van der Waals surface area contributed by atoms with Crippen molar-refractivity contribution in [3.63, 3.8) is 0 Å². The Hall–Kier alpha value is -2.87. The number of nitriles is 1. The van der Waals surface area contributed by atoms with Crippen LogP contribution in [0.2, 0.25) is 0 Å². The molecule has 2 aromatic carbocycles. The molecule has 5 nitrogen and oxygen atoms in total. The van der Waals surface area contributed by atoms with Gasteiger partial charge in [-0.05, 0) is 30.0 Å². The van der Waals surface area contributed by atoms with Crippen molar-refractivity contribution >= 4 is 11.4 Å². The predicted octanol–water partition coefficient (Wildman–Crippen LogP) is 3.05. The number of nitro benzene ring substituents is 1. The van der Waals surface area contributed by atoms with Gasteiger partial charge in [0.1, 0.15) is 6.07 Å². The van der Waals surface area contributed by atoms with Crippen LogP contribution in [0.4, 0.5) is 11.4 Å². The first-order chi connectivity index (χ1) is 10.2. The number of nitrogens with one attached hydrogen (secondary N) is 1. The van der Waals surface area contributed by atoms with Crippen LogP contribution >= 0.6 is 0 Å². The first-order valence-electron chi connectivity index (χ1n) is 6.69. The molecule has 0 amide bonds. The maximum Gasteiger partial charge on any atom is 0.270 e. The van der Waals surface area contributed by atoms with Gasteiger partial charge in [0.2, 0.25) is 0 Å². The van der Waals surface area contributed by atoms with Gasteiger partial charge in [-0.2, -0.15) is 5.26 Å². The number of rotatable bonds is 3. The summed E-state index contributed by atoms with van der Waals surface area (Å²) in [4.78, 5) is 10.3. The molecule has 0 fully saturated rings. The van der Waals surface area contributed by atoms with Crippen molar-refractivity contribution in [2.75, 3.05) is 5.32 Å². The highest BCUT2D eigenvalue weighted by molar-refractivity contribution is 5.62. The van der Waals surface area contributed by atoms with Crippen molar-refractivity contribution in [1.29, 1.82) is 5.26 Å². The molecular formula is C16H13N3O2. The third-order valence-corrected chi connectivity index (χ3v) is 3.75. The molecule has 2 aromatic rings. The van der Waals surface area contributed by atoms with Crippen molar-refractivity contribution in [2.24, 2.45) is 0 Å². The van der Waals surface area contributed by atoms with Gasteiger partial charge >= 0.3 is 0 Å². The molecule has 1 N–H and O–H groups in total. The molecule has 0 saturated carbocycles. The molecule has 0 spiro atoms. The summed E-state index contributed by atoms with van der Waals surface area (Å²) >= 11 is 0. The Morgan fingerprint density at radius 1 is 1.19 bits per heavy atom. The monoisotopic (exact) mass is 279 g/mol. The van der Waals surface area contributed by atoms with E-state index >= 15 is 0 Å². The van der Waals surface area contributed by atoms with E-state index in [4.69, 9.17) is 5.26 Å². The first-order valence-corrected chi connectivity index (χ1v) is 6.69. The van der Waals surface area contributed by atoms with E-state index in [1.54, 1.807) is 6.07 Å². The molecule has 0 heterocycles. The quantitative estimate of drug-likeness (QED) is 0.691. The average Bonchev–Trinajstić information content (AvgIpc) is 2.89. The van der Waals surface area contributed by atoms with Crippen LogP contribution in [0.25, 0.3) is 0 Å². The fraction of sp³-hybridized carbons (Fsp3) is 0.188. The van der Waals surface area contributed by atoms with Crippen LogP contribution in [0.1, 0.15) is 16.7 Å². The van der Waals surface area contributed by atoms with Crippen molar-refractivity contribution in [1.82, 2.24) is 0 Å². The second-order valence-corrected chi connectivity index (χ2v) is 5.12. The summed E-state index contributed by atoms with van der Waals surface area (Å²) in [5.74, 6) is 0. The van der Waals surface area contributed by atoms with E-state index in [9.17, 15) is 10.1 Å². The van der Waals surface area contributed by atoms with Gasteiger partial charge in [-0.3, -0.25) is 10.1 Å². The Balaban J connectivity index is 1.81. The molecule has 0 aliphatic heterocycles. The Labute approximate surface area is 122 Å². The molecule has 0 saturated heterocycles. The Morgan fingerprint density at radius 3 is 2.43 bits per heavy atom. The zero-order valence-electron chi connectivity index (χ0n) is 11.2. The summed E-state index contributed by atoms with van der Waals surface area (Å²) in [6.07, 6.45) is 1.80. The van der Waals surface area contributed by atoms with E-state index in [1.807, 2.05) is 18.2 Å². The predicted molar refractivity (Wildman–Crippen MR) is 79.1 cm³/mol. The summed E-state index contributed by atoms with van der Waals surface area (Å²) in [5.41, 5.74) is 3.53. The third-order valence-electron chi connectivity index (χ3n) is 3.75. The minimum absolute atomic E-state index is 0.0631. The number of nitro groups is 1. The van der Waals surface area contributed by atoms with E-state index in [0.717, 1.165) is 12.8 Å². The lowest BCUT2D eigenvalue weighted by atomic mass is 10.1. The summed E-state index contributed by atoms with van der Waals surface area (Å²) in [6, 6.07) is 14.8. The zero-order chi connectivity index (χ0) is 14.8. The van der Waals surface area contributed by atoms with Gasteiger partial charge in [-0.15, -0.1) is 0 Å². The largest absolute Gasteiger partial charge is 0.381 e. The van der Waals surface area contributed by atoms with Crippen LogP contribution in [0, 0.1) is 21.4 Å². The molecule has 0 bridgehead atoms. The van der Waals surface area contributed by atoms with Crippen LogP contribution in [0.5, 0.6) is 0 Å². The minimum atomic E-state index is -0.490. The third kappa shape index (κ3) is 2.56. The highest BCUT2D eigenvalue weighted by atomic mass is 16.6. The molecule has 0 radical (unpaired) electrons. The minimum Gasteiger partial charge on any atom is -0.381 e. The van der Waals surface area contributed by atoms with Crippen LogP contribution in [-0.4, -0.2) is 11.0 Å². The van der Waals surface area contributed by atoms with E-state index in [0.29, 0.717) is 11.3 Å². The second-order valence-electron chi connectivity index (χ2n) is 5.12. The van der Waals surface area contributed by atoms with Crippen molar-refractivity contribution < 1.29 is 4.92 Å². The van der Waals surface area contributed by atoms with Gasteiger partial charge in [-0.1, -0.05) is 24.3 Å². The summed E-state index contributed by atoms with van der Waals surface area (Å²) in [6.45, 7) is 0. The van der Waals surface area contributed by atoms with E-state index in [1.165, 1.54) is 23.3 Å². The molecule has 0 unspecified atom stereocenters. The van der Waals surface area contributed by atoms with Gasteiger partial charge in [0.25, 0.3) is 5.69 Å². The fourth-order valence-corrected chi connectivity index (χ4v) is 2.74. The standard InChI is InChI=1S/C16H13N3O2/c17-10-13-9-15(19(20)21)5-6-16(13)18-14-7-11-3-1-2-4-12(11)8-14/h1-6,9,14,18H,7-8H2. The van der Waals surface area contributed by atoms with Gasteiger partial charge < -0.3 is 5.32 Å². The molecular weight excluding hydrogens is 266 g/mol. The molecule has 0 aromatic heterocycles. The number of anilines is 1. The molecule has 1 aliphatic carbocycles. The first kappa shape index (κ1) is 13.1. The van der Waals surface area contributed by atoms with Crippen molar-refractivity contribution in [3.8, 4) is 6.07 Å². The number of hydrogen-bond donors (Lipinski definition) is 1. The number of hydrogen-bond acceptors (Lipinski definition) is 4. The van der Waals surface area contributed by atoms with Gasteiger partial charge in [0, 0.05) is 18.2 Å². The highest BCUT2D eigenvalue weighted by Gasteiger charge is 2.22. The van der Waals surface area contributed by atoms with Gasteiger partial charge in [0.05, 0.1) is 16.2 Å². The van der Waals surface area contributed by atoms with Crippen LogP contribution < -0.4 is 5.32 Å². The maximum absolute atomic E-state index is 10.7. The summed E-state index contributed by atoms with van der Waals surface area (Å²) in [5, 5.41) is 23.2. The SMILES string of the molecule is N#Cc1cc([N+](=O)[O-])ccc1NC1Cc2ccccc2C1. The Kier molecular flexibility index (Phi) is 3.28. The average molecular weight is 279 g/mol. The lowest BCUT2D eigenvalue weighted by Gasteiger charge is -2.14. The Morgan fingerprint density at radius 2 is 1.86 bits per heavy atom. The van der Waals surface area contributed by atoms with Crippen molar-refractivity contribution in [2.45, 2.75) is 18.9 Å². The highest BCUT2D eigenvalue weighted by Crippen LogP contribution is 2.27. The lowest BCUT2D eigenvalue weighted by molar-refractivity contribution is -0.384. The molecule has 5 heteroatoms. The zero-order valence-corrected chi connectivity index (χ0v) is 11.2. The second kappa shape index (κ2) is 5.25. The number of benzene rings is 2. The van der Waals surface area contributed by atoms with Crippen molar-refractivity contribution in [3.05, 3.63) is 69.3 Å². The van der Waals surface area contributed by atoms with E-state index in [-0.39, 0.29) is 11.7 Å². The lowest BCUT2D eigenvalue weighted by Crippen LogP contribution is -2.20. The number of nitrogens with zero attached hydrogens (tertiary/aromatic N) is 2. The van der Waals surface area contributed by atoms with Crippen LogP contribution in [-0.2, 0) is 12.8 Å². The number of non-ortho nitro benzene ring substituents is 1. The summed E-state index contributed by atoms with van der Waals surface area (Å²) in [7, 11) is 0. The molecule has 3 rings (SSSR count). The van der Waals surface area contributed by atoms with Crippen LogP contribution in [0.3, 0.4) is 0 Å². The van der Waals surface area contributed by atoms with E-state index in [2.05, 4.69) is 17.4 Å². The maximum atomic E-state index is 10.7. The molecule has 0 atom stereocenters. The Bertz CT molecular complexity index is 724. The fourth-order valence-electron chi connectivity index (χ4n) is 2.74. The molecule has 1 aliphatic rings. The summed E-state index contributed by atoms with van der Waals surface area (Å²) < 4.78 is 0. The molecule has 104 valence electrons. The number of fused-ring (bicyclic) bond motifs is 1.